The molecule has 0 saturated carbocycles. The number of aliphatic carboxylic acids is 2. The van der Waals surface area contributed by atoms with Gasteiger partial charge in [-0.1, -0.05) is 0 Å². The first-order valence-electron chi connectivity index (χ1n) is 7.76. The highest BCUT2D eigenvalue weighted by atomic mass is 16.6. The summed E-state index contributed by atoms with van der Waals surface area (Å²) >= 11 is 0. The predicted molar refractivity (Wildman–Crippen MR) is 82.4 cm³/mol. The topological polar surface area (TPSA) is 133 Å². The fourth-order valence-electron chi connectivity index (χ4n) is 2.37. The van der Waals surface area contributed by atoms with Gasteiger partial charge < -0.3 is 20.3 Å². The SMILES string of the molecule is CC(C)(C)OC(=O)N1CCCC1C(=O)NC(CCC(=O)O)C(=O)O. The Balaban J connectivity index is 2.71. The van der Waals surface area contributed by atoms with Crippen LogP contribution >= 0.6 is 0 Å². The van der Waals surface area contributed by atoms with Crippen molar-refractivity contribution in [2.75, 3.05) is 6.54 Å². The van der Waals surface area contributed by atoms with Crippen LogP contribution in [0.2, 0.25) is 0 Å². The maximum absolute atomic E-state index is 12.3. The fraction of sp³-hybridized carbons (Fsp3) is 0.733. The van der Waals surface area contributed by atoms with Crippen LogP contribution in [0.4, 0.5) is 4.79 Å². The van der Waals surface area contributed by atoms with Crippen molar-refractivity contribution in [1.82, 2.24) is 10.2 Å². The number of nitrogens with zero attached hydrogens (tertiary/aromatic N) is 1. The fourth-order valence-corrected chi connectivity index (χ4v) is 2.37. The summed E-state index contributed by atoms with van der Waals surface area (Å²) in [6.07, 6.45) is -0.231. The van der Waals surface area contributed by atoms with Crippen molar-refractivity contribution < 1.29 is 34.1 Å². The molecule has 9 heteroatoms. The van der Waals surface area contributed by atoms with Crippen LogP contribution in [0.1, 0.15) is 46.5 Å². The Bertz CT molecular complexity index is 512. The van der Waals surface area contributed by atoms with Gasteiger partial charge in [0.25, 0.3) is 0 Å². The number of carboxylic acids is 2. The molecule has 0 aromatic carbocycles. The van der Waals surface area contributed by atoms with E-state index in [2.05, 4.69) is 5.32 Å². The largest absolute Gasteiger partial charge is 0.481 e. The zero-order valence-corrected chi connectivity index (χ0v) is 14.1. The van der Waals surface area contributed by atoms with Gasteiger partial charge in [-0.15, -0.1) is 0 Å². The number of carboxylic acid groups (broad SMARTS) is 2. The quantitative estimate of drug-likeness (QED) is 0.649. The summed E-state index contributed by atoms with van der Waals surface area (Å²) in [5.74, 6) is -3.07. The van der Waals surface area contributed by atoms with E-state index in [9.17, 15) is 19.2 Å². The maximum atomic E-state index is 12.3. The number of rotatable bonds is 6. The number of hydrogen-bond acceptors (Lipinski definition) is 5. The van der Waals surface area contributed by atoms with Gasteiger partial charge in [-0.05, 0) is 40.0 Å². The number of amides is 2. The van der Waals surface area contributed by atoms with Gasteiger partial charge in [-0.25, -0.2) is 9.59 Å². The van der Waals surface area contributed by atoms with E-state index >= 15 is 0 Å². The number of hydrogen-bond donors (Lipinski definition) is 3. The van der Waals surface area contributed by atoms with Crippen molar-refractivity contribution in [3.63, 3.8) is 0 Å². The highest BCUT2D eigenvalue weighted by Gasteiger charge is 2.37. The molecule has 136 valence electrons. The van der Waals surface area contributed by atoms with Gasteiger partial charge >= 0.3 is 18.0 Å². The molecule has 0 spiro atoms. The Morgan fingerprint density at radius 2 is 1.88 bits per heavy atom. The number of nitrogens with one attached hydrogen (secondary N) is 1. The molecule has 0 aliphatic carbocycles. The second-order valence-corrected chi connectivity index (χ2v) is 6.66. The lowest BCUT2D eigenvalue weighted by atomic mass is 10.1. The lowest BCUT2D eigenvalue weighted by molar-refractivity contribution is -0.143. The van der Waals surface area contributed by atoms with E-state index in [1.807, 2.05) is 0 Å². The van der Waals surface area contributed by atoms with Crippen LogP contribution in [-0.2, 0) is 19.1 Å². The highest BCUT2D eigenvalue weighted by molar-refractivity contribution is 5.89. The van der Waals surface area contributed by atoms with E-state index in [0.717, 1.165) is 0 Å². The van der Waals surface area contributed by atoms with E-state index in [1.54, 1.807) is 20.8 Å². The monoisotopic (exact) mass is 344 g/mol. The summed E-state index contributed by atoms with van der Waals surface area (Å²) in [6, 6.07) is -2.12. The first-order chi connectivity index (χ1) is 11.0. The van der Waals surface area contributed by atoms with Crippen molar-refractivity contribution in [1.29, 1.82) is 0 Å². The van der Waals surface area contributed by atoms with Crippen molar-refractivity contribution in [3.05, 3.63) is 0 Å². The van der Waals surface area contributed by atoms with Gasteiger partial charge in [0.1, 0.15) is 17.7 Å². The summed E-state index contributed by atoms with van der Waals surface area (Å²) in [4.78, 5) is 47.4. The molecule has 1 fully saturated rings. The van der Waals surface area contributed by atoms with Gasteiger partial charge in [0.2, 0.25) is 5.91 Å². The minimum atomic E-state index is -1.31. The second kappa shape index (κ2) is 7.98. The Hall–Kier alpha value is -2.32. The first-order valence-corrected chi connectivity index (χ1v) is 7.76. The Labute approximate surface area is 140 Å². The molecular formula is C15H24N2O7. The van der Waals surface area contributed by atoms with Gasteiger partial charge in [0.15, 0.2) is 0 Å². The summed E-state index contributed by atoms with van der Waals surface area (Å²) in [5.41, 5.74) is -0.703. The maximum Gasteiger partial charge on any atom is 0.410 e. The van der Waals surface area contributed by atoms with Crippen LogP contribution in [-0.4, -0.2) is 63.3 Å². The van der Waals surface area contributed by atoms with Gasteiger partial charge in [-0.2, -0.15) is 0 Å². The van der Waals surface area contributed by atoms with Crippen LogP contribution in [0, 0.1) is 0 Å². The number of carbonyl (C=O) groups is 4. The third kappa shape index (κ3) is 6.05. The molecule has 0 aromatic rings. The van der Waals surface area contributed by atoms with Crippen LogP contribution < -0.4 is 5.32 Å². The number of likely N-dealkylation sites (tertiary alicyclic amines) is 1. The zero-order chi connectivity index (χ0) is 18.5. The van der Waals surface area contributed by atoms with Crippen molar-refractivity contribution in [2.45, 2.75) is 64.1 Å². The molecule has 9 nitrogen and oxygen atoms in total. The minimum Gasteiger partial charge on any atom is -0.481 e. The molecule has 1 aliphatic rings. The Kier molecular flexibility index (Phi) is 6.56. The molecule has 0 bridgehead atoms. The Morgan fingerprint density at radius 3 is 2.38 bits per heavy atom. The summed E-state index contributed by atoms with van der Waals surface area (Å²) in [5, 5.41) is 20.0. The molecule has 2 atom stereocenters. The molecule has 1 aliphatic heterocycles. The average Bonchev–Trinajstić information content (AvgIpc) is 2.90. The van der Waals surface area contributed by atoms with Crippen LogP contribution in [0.15, 0.2) is 0 Å². The average molecular weight is 344 g/mol. The highest BCUT2D eigenvalue weighted by Crippen LogP contribution is 2.21. The molecule has 3 N–H and O–H groups in total. The van der Waals surface area contributed by atoms with E-state index < -0.39 is 41.6 Å². The second-order valence-electron chi connectivity index (χ2n) is 6.66. The molecule has 1 saturated heterocycles. The smallest absolute Gasteiger partial charge is 0.410 e. The molecule has 2 amide bonds. The lowest BCUT2D eigenvalue weighted by Gasteiger charge is -2.28. The molecule has 1 heterocycles. The summed E-state index contributed by atoms with van der Waals surface area (Å²) < 4.78 is 5.25. The van der Waals surface area contributed by atoms with Crippen molar-refractivity contribution >= 4 is 23.9 Å². The van der Waals surface area contributed by atoms with E-state index in [1.165, 1.54) is 4.90 Å². The van der Waals surface area contributed by atoms with Crippen LogP contribution in [0.25, 0.3) is 0 Å². The van der Waals surface area contributed by atoms with Gasteiger partial charge in [0, 0.05) is 13.0 Å². The lowest BCUT2D eigenvalue weighted by Crippen LogP contribution is -2.51. The minimum absolute atomic E-state index is 0.227. The van der Waals surface area contributed by atoms with E-state index in [0.29, 0.717) is 19.4 Å². The van der Waals surface area contributed by atoms with E-state index in [-0.39, 0.29) is 12.8 Å². The Morgan fingerprint density at radius 1 is 1.25 bits per heavy atom. The third-order valence-electron chi connectivity index (χ3n) is 3.44. The molecule has 0 radical (unpaired) electrons. The predicted octanol–water partition coefficient (Wildman–Crippen LogP) is 0.820. The van der Waals surface area contributed by atoms with Crippen molar-refractivity contribution in [2.24, 2.45) is 0 Å². The standard InChI is InChI=1S/C15H24N2O7/c1-15(2,3)24-14(23)17-8-4-5-10(17)12(20)16-9(13(21)22)6-7-11(18)19/h9-10H,4-8H2,1-3H3,(H,16,20)(H,18,19)(H,21,22). The molecule has 2 unspecified atom stereocenters. The van der Waals surface area contributed by atoms with Crippen molar-refractivity contribution in [3.8, 4) is 0 Å². The van der Waals surface area contributed by atoms with Crippen LogP contribution in [0.3, 0.4) is 0 Å². The third-order valence-corrected chi connectivity index (χ3v) is 3.44. The number of ether oxygens (including phenoxy) is 1. The number of carbonyl (C=O) groups excluding carboxylic acids is 2. The zero-order valence-electron chi connectivity index (χ0n) is 14.1. The normalized spacial score (nSPS) is 18.8. The van der Waals surface area contributed by atoms with Gasteiger partial charge in [-0.3, -0.25) is 14.5 Å². The summed E-state index contributed by atoms with van der Waals surface area (Å²) in [7, 11) is 0. The van der Waals surface area contributed by atoms with E-state index in [4.69, 9.17) is 14.9 Å². The molecule has 1 rings (SSSR count). The van der Waals surface area contributed by atoms with Gasteiger partial charge in [0.05, 0.1) is 0 Å². The molecule has 0 aromatic heterocycles. The first kappa shape index (κ1) is 19.7. The molecular weight excluding hydrogens is 320 g/mol. The summed E-state index contributed by atoms with van der Waals surface area (Å²) in [6.45, 7) is 5.48. The molecule has 24 heavy (non-hydrogen) atoms. The van der Waals surface area contributed by atoms with Crippen LogP contribution in [0.5, 0.6) is 0 Å².